The van der Waals surface area contributed by atoms with Crippen LogP contribution in [0.3, 0.4) is 0 Å². The second-order valence-corrected chi connectivity index (χ2v) is 3.50. The van der Waals surface area contributed by atoms with E-state index in [0.29, 0.717) is 5.56 Å². The van der Waals surface area contributed by atoms with E-state index in [0.717, 1.165) is 6.20 Å². The normalized spacial score (nSPS) is 12.9. The van der Waals surface area contributed by atoms with Crippen LogP contribution in [-0.4, -0.2) is 16.1 Å². The van der Waals surface area contributed by atoms with Gasteiger partial charge in [0.15, 0.2) is 0 Å². The molecule has 1 rings (SSSR count). The van der Waals surface area contributed by atoms with E-state index in [4.69, 9.17) is 5.11 Å². The highest BCUT2D eigenvalue weighted by molar-refractivity contribution is 5.76. The zero-order chi connectivity index (χ0) is 10.7. The molecule has 0 radical (unpaired) electrons. The number of nitrogens with zero attached hydrogens (tertiary/aromatic N) is 1. The number of aromatic nitrogens is 1. The number of aliphatic carboxylic acids is 1. The van der Waals surface area contributed by atoms with E-state index in [2.05, 4.69) is 4.98 Å². The molecular weight excluding hydrogens is 185 g/mol. The van der Waals surface area contributed by atoms with Crippen molar-refractivity contribution in [3.63, 3.8) is 0 Å². The molecule has 0 spiro atoms. The first kappa shape index (κ1) is 10.6. The summed E-state index contributed by atoms with van der Waals surface area (Å²) in [7, 11) is 0. The number of halogens is 1. The van der Waals surface area contributed by atoms with Crippen LogP contribution in [0.1, 0.15) is 25.3 Å². The maximum atomic E-state index is 12.8. The summed E-state index contributed by atoms with van der Waals surface area (Å²) in [5.41, 5.74) is 0.410. The van der Waals surface area contributed by atoms with Crippen molar-refractivity contribution in [3.05, 3.63) is 29.8 Å². The fourth-order valence-electron chi connectivity index (χ4n) is 1.41. The van der Waals surface area contributed by atoms with Gasteiger partial charge >= 0.3 is 5.97 Å². The van der Waals surface area contributed by atoms with Crippen molar-refractivity contribution in [3.8, 4) is 0 Å². The summed E-state index contributed by atoms with van der Waals surface area (Å²) in [6.45, 7) is 3.56. The van der Waals surface area contributed by atoms with Crippen LogP contribution in [0.4, 0.5) is 4.39 Å². The van der Waals surface area contributed by atoms with E-state index >= 15 is 0 Å². The molecule has 0 saturated carbocycles. The van der Waals surface area contributed by atoms with Crippen LogP contribution < -0.4 is 0 Å². The molecule has 14 heavy (non-hydrogen) atoms. The largest absolute Gasteiger partial charge is 0.481 e. The average molecular weight is 197 g/mol. The number of hydrogen-bond donors (Lipinski definition) is 1. The lowest BCUT2D eigenvalue weighted by Crippen LogP contribution is -2.17. The zero-order valence-electron chi connectivity index (χ0n) is 8.07. The second kappa shape index (κ2) is 4.17. The predicted octanol–water partition coefficient (Wildman–Crippen LogP) is 2.04. The molecule has 1 aromatic heterocycles. The molecule has 0 bridgehead atoms. The highest BCUT2D eigenvalue weighted by atomic mass is 19.1. The van der Waals surface area contributed by atoms with E-state index in [-0.39, 0.29) is 5.92 Å². The van der Waals surface area contributed by atoms with Crippen LogP contribution in [0.2, 0.25) is 0 Å². The van der Waals surface area contributed by atoms with Crippen LogP contribution in [0, 0.1) is 11.7 Å². The molecule has 0 amide bonds. The lowest BCUT2D eigenvalue weighted by atomic mass is 9.90. The lowest BCUT2D eigenvalue weighted by molar-refractivity contribution is -0.139. The molecule has 0 aliphatic heterocycles. The first-order chi connectivity index (χ1) is 6.52. The molecule has 0 aliphatic rings. The lowest BCUT2D eigenvalue weighted by Gasteiger charge is -2.15. The average Bonchev–Trinajstić information content (AvgIpc) is 2.02. The maximum absolute atomic E-state index is 12.8. The van der Waals surface area contributed by atoms with Gasteiger partial charge in [0.2, 0.25) is 0 Å². The van der Waals surface area contributed by atoms with E-state index in [1.807, 2.05) is 0 Å². The Morgan fingerprint density at radius 3 is 2.57 bits per heavy atom. The third-order valence-electron chi connectivity index (χ3n) is 2.02. The van der Waals surface area contributed by atoms with E-state index in [1.54, 1.807) is 13.8 Å². The Hall–Kier alpha value is -1.45. The zero-order valence-corrected chi connectivity index (χ0v) is 8.07. The van der Waals surface area contributed by atoms with Crippen LogP contribution >= 0.6 is 0 Å². The van der Waals surface area contributed by atoms with Crippen LogP contribution in [0.15, 0.2) is 18.5 Å². The topological polar surface area (TPSA) is 50.2 Å². The summed E-state index contributed by atoms with van der Waals surface area (Å²) in [4.78, 5) is 14.5. The Labute approximate surface area is 81.6 Å². The SMILES string of the molecule is CC(C)C(C(=O)O)c1cncc(F)c1. The molecule has 4 heteroatoms. The minimum atomic E-state index is -0.951. The fraction of sp³-hybridized carbons (Fsp3) is 0.400. The van der Waals surface area contributed by atoms with Crippen LogP contribution in [0.25, 0.3) is 0 Å². The minimum Gasteiger partial charge on any atom is -0.481 e. The molecule has 1 unspecified atom stereocenters. The molecule has 1 N–H and O–H groups in total. The number of rotatable bonds is 3. The number of carboxylic acids is 1. The van der Waals surface area contributed by atoms with Crippen LogP contribution in [0.5, 0.6) is 0 Å². The van der Waals surface area contributed by atoms with Crippen molar-refractivity contribution in [1.82, 2.24) is 4.98 Å². The number of hydrogen-bond acceptors (Lipinski definition) is 2. The summed E-state index contributed by atoms with van der Waals surface area (Å²) in [5, 5.41) is 8.94. The number of carboxylic acid groups (broad SMARTS) is 1. The maximum Gasteiger partial charge on any atom is 0.311 e. The number of pyridine rings is 1. The van der Waals surface area contributed by atoms with Gasteiger partial charge in [0.1, 0.15) is 5.82 Å². The highest BCUT2D eigenvalue weighted by Gasteiger charge is 2.23. The summed E-state index contributed by atoms with van der Waals surface area (Å²) in [6.07, 6.45) is 2.45. The quantitative estimate of drug-likeness (QED) is 0.806. The van der Waals surface area contributed by atoms with Gasteiger partial charge in [0, 0.05) is 6.20 Å². The third kappa shape index (κ3) is 2.28. The van der Waals surface area contributed by atoms with Gasteiger partial charge in [0.05, 0.1) is 12.1 Å². The summed E-state index contributed by atoms with van der Waals surface area (Å²) >= 11 is 0. The van der Waals surface area contributed by atoms with E-state index < -0.39 is 17.7 Å². The van der Waals surface area contributed by atoms with Gasteiger partial charge in [-0.15, -0.1) is 0 Å². The Bertz CT molecular complexity index is 339. The Morgan fingerprint density at radius 2 is 2.14 bits per heavy atom. The molecule has 76 valence electrons. The summed E-state index contributed by atoms with van der Waals surface area (Å²) in [6, 6.07) is 1.21. The van der Waals surface area contributed by atoms with Crippen molar-refractivity contribution in [2.75, 3.05) is 0 Å². The highest BCUT2D eigenvalue weighted by Crippen LogP contribution is 2.24. The van der Waals surface area contributed by atoms with Crippen molar-refractivity contribution in [1.29, 1.82) is 0 Å². The smallest absolute Gasteiger partial charge is 0.311 e. The molecule has 1 aromatic rings. The van der Waals surface area contributed by atoms with Crippen molar-refractivity contribution in [2.24, 2.45) is 5.92 Å². The van der Waals surface area contributed by atoms with Crippen LogP contribution in [-0.2, 0) is 4.79 Å². The predicted molar refractivity (Wildman–Crippen MR) is 49.4 cm³/mol. The van der Waals surface area contributed by atoms with Gasteiger partial charge in [-0.2, -0.15) is 0 Å². The molecule has 0 aliphatic carbocycles. The molecule has 0 saturated heterocycles. The van der Waals surface area contributed by atoms with Gasteiger partial charge in [-0.25, -0.2) is 4.39 Å². The fourth-order valence-corrected chi connectivity index (χ4v) is 1.41. The van der Waals surface area contributed by atoms with E-state index in [1.165, 1.54) is 12.3 Å². The van der Waals surface area contributed by atoms with Gasteiger partial charge in [-0.1, -0.05) is 13.8 Å². The molecule has 0 aromatic carbocycles. The molecule has 1 atom stereocenters. The minimum absolute atomic E-state index is 0.0869. The Balaban J connectivity index is 3.05. The Kier molecular flexibility index (Phi) is 3.17. The molecular formula is C10H12FNO2. The molecule has 1 heterocycles. The first-order valence-electron chi connectivity index (χ1n) is 4.35. The molecule has 0 fully saturated rings. The third-order valence-corrected chi connectivity index (χ3v) is 2.02. The second-order valence-electron chi connectivity index (χ2n) is 3.50. The standard InChI is InChI=1S/C10H12FNO2/c1-6(2)9(10(13)14)7-3-8(11)5-12-4-7/h3-6,9H,1-2H3,(H,13,14). The van der Waals surface area contributed by atoms with Crippen molar-refractivity contribution >= 4 is 5.97 Å². The molecule has 3 nitrogen and oxygen atoms in total. The van der Waals surface area contributed by atoms with Gasteiger partial charge in [-0.3, -0.25) is 9.78 Å². The van der Waals surface area contributed by atoms with Gasteiger partial charge < -0.3 is 5.11 Å². The van der Waals surface area contributed by atoms with Gasteiger partial charge in [-0.05, 0) is 17.5 Å². The monoisotopic (exact) mass is 197 g/mol. The number of carbonyl (C=O) groups is 1. The summed E-state index contributed by atoms with van der Waals surface area (Å²) < 4.78 is 12.8. The first-order valence-corrected chi connectivity index (χ1v) is 4.35. The Morgan fingerprint density at radius 1 is 1.50 bits per heavy atom. The van der Waals surface area contributed by atoms with Crippen molar-refractivity contribution < 1.29 is 14.3 Å². The van der Waals surface area contributed by atoms with Gasteiger partial charge in [0.25, 0.3) is 0 Å². The summed E-state index contributed by atoms with van der Waals surface area (Å²) in [5.74, 6) is -2.24. The van der Waals surface area contributed by atoms with Crippen molar-refractivity contribution in [2.45, 2.75) is 19.8 Å². The van der Waals surface area contributed by atoms with E-state index in [9.17, 15) is 9.18 Å².